The van der Waals surface area contributed by atoms with Crippen molar-refractivity contribution in [3.8, 4) is 0 Å². The van der Waals surface area contributed by atoms with E-state index in [1.807, 2.05) is 13.8 Å². The van der Waals surface area contributed by atoms with Gasteiger partial charge in [-0.2, -0.15) is 0 Å². The predicted octanol–water partition coefficient (Wildman–Crippen LogP) is 3.03. The van der Waals surface area contributed by atoms with Gasteiger partial charge in [-0.05, 0) is 30.0 Å². The van der Waals surface area contributed by atoms with Gasteiger partial charge in [0.15, 0.2) is 0 Å². The zero-order valence-corrected chi connectivity index (χ0v) is 17.3. The van der Waals surface area contributed by atoms with Crippen LogP contribution in [0.15, 0.2) is 12.1 Å². The Bertz CT molecular complexity index is 980. The van der Waals surface area contributed by atoms with Crippen LogP contribution in [-0.4, -0.2) is 33.2 Å². The van der Waals surface area contributed by atoms with Crippen molar-refractivity contribution in [2.75, 3.05) is 22.8 Å². The quantitative estimate of drug-likeness (QED) is 0.557. The lowest BCUT2D eigenvalue weighted by atomic mass is 9.99. The number of amides is 3. The Morgan fingerprint density at radius 2 is 1.93 bits per heavy atom. The molecule has 8 nitrogen and oxygen atoms in total. The Balaban J connectivity index is 2.71. The van der Waals surface area contributed by atoms with Crippen molar-refractivity contribution in [1.82, 2.24) is 5.32 Å². The minimum atomic E-state index is -3.49. The van der Waals surface area contributed by atoms with E-state index in [-0.39, 0.29) is 17.2 Å². The summed E-state index contributed by atoms with van der Waals surface area (Å²) >= 11 is 1.24. The summed E-state index contributed by atoms with van der Waals surface area (Å²) in [6.45, 7) is 5.71. The molecule has 0 aliphatic heterocycles. The summed E-state index contributed by atoms with van der Waals surface area (Å²) in [5.74, 6) is -0.635. The molecule has 27 heavy (non-hydrogen) atoms. The van der Waals surface area contributed by atoms with Crippen LogP contribution in [0.3, 0.4) is 0 Å². The average Bonchev–Trinajstić information content (AvgIpc) is 2.90. The van der Waals surface area contributed by atoms with E-state index in [2.05, 4.69) is 15.4 Å². The number of nitrogens with one attached hydrogen (secondary N) is 3. The maximum absolute atomic E-state index is 12.2. The highest BCUT2D eigenvalue weighted by atomic mass is 32.2. The third-order valence-corrected chi connectivity index (χ3v) is 6.55. The highest BCUT2D eigenvalue weighted by Gasteiger charge is 2.23. The van der Waals surface area contributed by atoms with E-state index in [1.165, 1.54) is 18.4 Å². The van der Waals surface area contributed by atoms with Gasteiger partial charge < -0.3 is 11.1 Å². The fourth-order valence-electron chi connectivity index (χ4n) is 2.71. The highest BCUT2D eigenvalue weighted by Crippen LogP contribution is 2.41. The normalized spacial score (nSPS) is 11.6. The first-order valence-electron chi connectivity index (χ1n) is 8.49. The van der Waals surface area contributed by atoms with E-state index in [0.29, 0.717) is 22.5 Å². The molecule has 1 heterocycles. The van der Waals surface area contributed by atoms with E-state index in [9.17, 15) is 18.0 Å². The monoisotopic (exact) mass is 412 g/mol. The van der Waals surface area contributed by atoms with Crippen molar-refractivity contribution in [3.05, 3.63) is 23.3 Å². The number of anilines is 2. The molecule has 10 heteroatoms. The molecule has 0 fully saturated rings. The van der Waals surface area contributed by atoms with Gasteiger partial charge in [-0.1, -0.05) is 20.8 Å². The maximum Gasteiger partial charge on any atom is 0.319 e. The molecule has 2 rings (SSSR count). The van der Waals surface area contributed by atoms with Crippen molar-refractivity contribution in [3.63, 3.8) is 0 Å². The van der Waals surface area contributed by atoms with E-state index >= 15 is 0 Å². The topological polar surface area (TPSA) is 130 Å². The third-order valence-electron chi connectivity index (χ3n) is 3.89. The molecule has 0 radical (unpaired) electrons. The Kier molecular flexibility index (Phi) is 6.32. The molecule has 2 aromatic rings. The number of primary amides is 1. The molecule has 0 atom stereocenters. The predicted molar refractivity (Wildman–Crippen MR) is 110 cm³/mol. The molecule has 5 N–H and O–H groups in total. The first-order valence-corrected chi connectivity index (χ1v) is 11.0. The summed E-state index contributed by atoms with van der Waals surface area (Å²) < 4.78 is 27.7. The van der Waals surface area contributed by atoms with E-state index in [0.717, 1.165) is 10.3 Å². The SMILES string of the molecule is CCCS(=O)(=O)Nc1cc(C(C)C)c2sc(NC(=O)NC)c(C(N)=O)c2c1. The lowest BCUT2D eigenvalue weighted by Gasteiger charge is -2.13. The van der Waals surface area contributed by atoms with Gasteiger partial charge in [0.25, 0.3) is 5.91 Å². The van der Waals surface area contributed by atoms with Gasteiger partial charge in [0, 0.05) is 22.8 Å². The van der Waals surface area contributed by atoms with Crippen LogP contribution < -0.4 is 21.1 Å². The van der Waals surface area contributed by atoms with E-state index in [1.54, 1.807) is 19.1 Å². The summed E-state index contributed by atoms with van der Waals surface area (Å²) in [6.07, 6.45) is 0.486. The molecule has 0 aliphatic rings. The summed E-state index contributed by atoms with van der Waals surface area (Å²) in [5.41, 5.74) is 6.94. The third kappa shape index (κ3) is 4.69. The molecule has 1 aromatic heterocycles. The van der Waals surface area contributed by atoms with Gasteiger partial charge in [-0.25, -0.2) is 13.2 Å². The van der Waals surface area contributed by atoms with Crippen LogP contribution in [0, 0.1) is 0 Å². The maximum atomic E-state index is 12.2. The zero-order valence-electron chi connectivity index (χ0n) is 15.7. The molecule has 0 spiro atoms. The van der Waals surface area contributed by atoms with E-state index < -0.39 is 22.0 Å². The molecule has 3 amide bonds. The lowest BCUT2D eigenvalue weighted by molar-refractivity contribution is 0.100. The summed E-state index contributed by atoms with van der Waals surface area (Å²) in [7, 11) is -2.02. The number of urea groups is 1. The molecular formula is C17H24N4O4S2. The van der Waals surface area contributed by atoms with Crippen LogP contribution in [0.5, 0.6) is 0 Å². The number of thiophene rings is 1. The number of benzene rings is 1. The van der Waals surface area contributed by atoms with Crippen molar-refractivity contribution in [2.24, 2.45) is 5.73 Å². The second kappa shape index (κ2) is 8.13. The number of carbonyl (C=O) groups excluding carboxylic acids is 2. The molecule has 148 valence electrons. The first-order chi connectivity index (χ1) is 12.6. The highest BCUT2D eigenvalue weighted by molar-refractivity contribution is 7.92. The average molecular weight is 413 g/mol. The number of hydrogen-bond donors (Lipinski definition) is 4. The smallest absolute Gasteiger partial charge is 0.319 e. The molecule has 0 aliphatic carbocycles. The van der Waals surface area contributed by atoms with Crippen LogP contribution in [-0.2, 0) is 10.0 Å². The van der Waals surface area contributed by atoms with Gasteiger partial charge in [0.2, 0.25) is 10.0 Å². The van der Waals surface area contributed by atoms with Crippen molar-refractivity contribution < 1.29 is 18.0 Å². The zero-order chi connectivity index (χ0) is 20.4. The standard InChI is InChI=1S/C17H24N4O4S2/c1-5-6-27(24,25)21-10-7-11(9(2)3)14-12(8-10)13(15(18)22)16(26-14)20-17(23)19-4/h7-9,21H,5-6H2,1-4H3,(H2,18,22)(H2,19,20,23). The van der Waals surface area contributed by atoms with Gasteiger partial charge in [0.1, 0.15) is 5.00 Å². The Morgan fingerprint density at radius 3 is 2.44 bits per heavy atom. The molecular weight excluding hydrogens is 388 g/mol. The number of sulfonamides is 1. The molecule has 0 unspecified atom stereocenters. The minimum absolute atomic E-state index is 0.00214. The number of rotatable bonds is 7. The van der Waals surface area contributed by atoms with Crippen LogP contribution >= 0.6 is 11.3 Å². The van der Waals surface area contributed by atoms with Crippen molar-refractivity contribution in [1.29, 1.82) is 0 Å². The molecule has 1 aromatic carbocycles. The van der Waals surface area contributed by atoms with Gasteiger partial charge >= 0.3 is 6.03 Å². The summed E-state index contributed by atoms with van der Waals surface area (Å²) in [6, 6.07) is 2.87. The van der Waals surface area contributed by atoms with Crippen LogP contribution in [0.25, 0.3) is 10.1 Å². The second-order valence-corrected chi connectivity index (χ2v) is 9.25. The lowest BCUT2D eigenvalue weighted by Crippen LogP contribution is -2.25. The number of hydrogen-bond acceptors (Lipinski definition) is 5. The Morgan fingerprint density at radius 1 is 1.26 bits per heavy atom. The van der Waals surface area contributed by atoms with Gasteiger partial charge in [-0.3, -0.25) is 14.8 Å². The Hall–Kier alpha value is -2.33. The number of nitrogens with two attached hydrogens (primary N) is 1. The second-order valence-electron chi connectivity index (χ2n) is 6.39. The molecule has 0 bridgehead atoms. The fourth-order valence-corrected chi connectivity index (χ4v) is 5.17. The van der Waals surface area contributed by atoms with Crippen LogP contribution in [0.4, 0.5) is 15.5 Å². The number of carbonyl (C=O) groups is 2. The van der Waals surface area contributed by atoms with Gasteiger partial charge in [0.05, 0.1) is 11.3 Å². The minimum Gasteiger partial charge on any atom is -0.365 e. The first kappa shape index (κ1) is 21.0. The fraction of sp³-hybridized carbons (Fsp3) is 0.412. The Labute approximate surface area is 162 Å². The van der Waals surface area contributed by atoms with Crippen molar-refractivity contribution >= 4 is 54.1 Å². The number of fused-ring (bicyclic) bond motifs is 1. The largest absolute Gasteiger partial charge is 0.365 e. The van der Waals surface area contributed by atoms with E-state index in [4.69, 9.17) is 5.73 Å². The summed E-state index contributed by atoms with van der Waals surface area (Å²) in [4.78, 5) is 23.8. The summed E-state index contributed by atoms with van der Waals surface area (Å²) in [5, 5.41) is 5.88. The molecule has 0 saturated heterocycles. The molecule has 0 saturated carbocycles. The van der Waals surface area contributed by atoms with Gasteiger partial charge in [-0.15, -0.1) is 11.3 Å². The van der Waals surface area contributed by atoms with Crippen LogP contribution in [0.2, 0.25) is 0 Å². The van der Waals surface area contributed by atoms with Crippen LogP contribution in [0.1, 0.15) is 49.0 Å². The van der Waals surface area contributed by atoms with Crippen molar-refractivity contribution in [2.45, 2.75) is 33.1 Å².